The van der Waals surface area contributed by atoms with E-state index in [2.05, 4.69) is 0 Å². The second kappa shape index (κ2) is 11.9. The molecule has 0 saturated heterocycles. The van der Waals surface area contributed by atoms with Gasteiger partial charge in [0.05, 0.1) is 41.2 Å². The van der Waals surface area contributed by atoms with Crippen LogP contribution >= 0.6 is 0 Å². The summed E-state index contributed by atoms with van der Waals surface area (Å²) in [4.78, 5) is 13.2. The fraction of sp³-hybridized carbons (Fsp3) is 0.344. The second-order valence-corrected chi connectivity index (χ2v) is 9.96. The number of rotatable bonds is 8. The minimum atomic E-state index is -1.07. The Kier molecular flexibility index (Phi) is 8.59. The Morgan fingerprint density at radius 3 is 1.95 bits per heavy atom. The predicted octanol–water partition coefficient (Wildman–Crippen LogP) is 5.50. The molecule has 0 aliphatic heterocycles. The number of hydrogen-bond acceptors (Lipinski definition) is 8. The lowest BCUT2D eigenvalue weighted by Crippen LogP contribution is -2.37. The van der Waals surface area contributed by atoms with Crippen molar-refractivity contribution in [2.45, 2.75) is 32.3 Å². The second-order valence-electron chi connectivity index (χ2n) is 9.96. The molecule has 2 atom stereocenters. The van der Waals surface area contributed by atoms with Crippen LogP contribution in [0.15, 0.2) is 48.5 Å². The number of methoxy groups -OCH3 is 5. The van der Waals surface area contributed by atoms with E-state index in [1.165, 1.54) is 34.5 Å². The fourth-order valence-electron chi connectivity index (χ4n) is 5.14. The minimum Gasteiger partial charge on any atom is -0.493 e. The third-order valence-electron chi connectivity index (χ3n) is 7.42. The van der Waals surface area contributed by atoms with Crippen LogP contribution in [0.25, 0.3) is 17.2 Å². The van der Waals surface area contributed by atoms with Crippen LogP contribution in [0, 0.1) is 5.92 Å². The van der Waals surface area contributed by atoms with Crippen LogP contribution in [-0.4, -0.2) is 52.2 Å². The zero-order chi connectivity index (χ0) is 29.0. The van der Waals surface area contributed by atoms with Gasteiger partial charge in [0.1, 0.15) is 0 Å². The van der Waals surface area contributed by atoms with Crippen LogP contribution in [0.5, 0.6) is 34.5 Å². The highest BCUT2D eigenvalue weighted by Crippen LogP contribution is 2.56. The van der Waals surface area contributed by atoms with Gasteiger partial charge < -0.3 is 33.5 Å². The van der Waals surface area contributed by atoms with Crippen LogP contribution in [0.1, 0.15) is 30.5 Å². The van der Waals surface area contributed by atoms with E-state index in [1.54, 1.807) is 13.2 Å². The molecule has 1 aliphatic rings. The molecule has 1 aliphatic carbocycles. The zero-order valence-electron chi connectivity index (χ0n) is 24.0. The maximum atomic E-state index is 13.2. The van der Waals surface area contributed by atoms with E-state index in [4.69, 9.17) is 28.4 Å². The predicted molar refractivity (Wildman–Crippen MR) is 153 cm³/mol. The SMILES string of the molecule is COc1cc2c(c(OC)c1OC)-c1c(cc(OC)c(OC)c1OC(=O)/C=C/c1ccccc1)C[C@@H](C)[C@@](C)(O)C2. The molecule has 0 bridgehead atoms. The number of fused-ring (bicyclic) bond motifs is 3. The molecular formula is C32H36O8. The number of benzene rings is 3. The molecule has 8 nitrogen and oxygen atoms in total. The van der Waals surface area contributed by atoms with Gasteiger partial charge in [0, 0.05) is 23.6 Å². The van der Waals surface area contributed by atoms with Gasteiger partial charge in [-0.15, -0.1) is 0 Å². The summed E-state index contributed by atoms with van der Waals surface area (Å²) in [7, 11) is 7.62. The fourth-order valence-corrected chi connectivity index (χ4v) is 5.14. The van der Waals surface area contributed by atoms with Crippen molar-refractivity contribution in [1.82, 2.24) is 0 Å². The Morgan fingerprint density at radius 1 is 0.825 bits per heavy atom. The highest BCUT2D eigenvalue weighted by Gasteiger charge is 2.38. The first-order chi connectivity index (χ1) is 19.2. The number of carbonyl (C=O) groups excluding carboxylic acids is 1. The summed E-state index contributed by atoms with van der Waals surface area (Å²) < 4.78 is 34.7. The van der Waals surface area contributed by atoms with Gasteiger partial charge in [0.15, 0.2) is 23.0 Å². The Hall–Kier alpha value is -4.17. The van der Waals surface area contributed by atoms with Gasteiger partial charge in [-0.25, -0.2) is 4.79 Å². The van der Waals surface area contributed by atoms with Gasteiger partial charge in [-0.05, 0) is 54.2 Å². The largest absolute Gasteiger partial charge is 0.493 e. The Balaban J connectivity index is 2.04. The topological polar surface area (TPSA) is 92.7 Å². The molecule has 0 aromatic heterocycles. The average molecular weight is 549 g/mol. The minimum absolute atomic E-state index is 0.168. The van der Waals surface area contributed by atoms with Gasteiger partial charge in [-0.1, -0.05) is 37.3 Å². The molecule has 4 rings (SSSR count). The van der Waals surface area contributed by atoms with Crippen LogP contribution in [-0.2, 0) is 17.6 Å². The van der Waals surface area contributed by atoms with Crippen LogP contribution < -0.4 is 28.4 Å². The maximum absolute atomic E-state index is 13.2. The highest BCUT2D eigenvalue weighted by atomic mass is 16.6. The molecular weight excluding hydrogens is 512 g/mol. The molecule has 0 saturated carbocycles. The normalized spacial score (nSPS) is 18.1. The van der Waals surface area contributed by atoms with E-state index in [0.717, 1.165) is 16.7 Å². The van der Waals surface area contributed by atoms with Gasteiger partial charge in [0.25, 0.3) is 0 Å². The molecule has 8 heteroatoms. The summed E-state index contributed by atoms with van der Waals surface area (Å²) in [5.41, 5.74) is 2.50. The summed E-state index contributed by atoms with van der Waals surface area (Å²) >= 11 is 0. The molecule has 212 valence electrons. The molecule has 0 amide bonds. The van der Waals surface area contributed by atoms with E-state index in [1.807, 2.05) is 56.3 Å². The third-order valence-corrected chi connectivity index (χ3v) is 7.42. The first-order valence-electron chi connectivity index (χ1n) is 13.0. The Bertz CT molecular complexity index is 1410. The summed E-state index contributed by atoms with van der Waals surface area (Å²) in [6, 6.07) is 13.1. The van der Waals surface area contributed by atoms with Gasteiger partial charge in [-0.3, -0.25) is 0 Å². The third kappa shape index (κ3) is 5.45. The van der Waals surface area contributed by atoms with Crippen molar-refractivity contribution in [2.24, 2.45) is 5.92 Å². The first-order valence-corrected chi connectivity index (χ1v) is 13.0. The molecule has 1 N–H and O–H groups in total. The number of carbonyl (C=O) groups is 1. The lowest BCUT2D eigenvalue weighted by molar-refractivity contribution is -0.129. The molecule has 40 heavy (non-hydrogen) atoms. The standard InChI is InChI=1S/C32H36O8/c1-19-15-21-16-23(35-3)29(38-6)31(40-25(33)14-13-20-11-9-8-10-12-20)26(21)27-22(18-32(19,2)34)17-24(36-4)28(37-5)30(27)39-7/h8-14,16-17,19,34H,15,18H2,1-7H3/b14-13+/t19-,32+/m1/s1. The van der Waals surface area contributed by atoms with Crippen molar-refractivity contribution >= 4 is 12.0 Å². The summed E-state index contributed by atoms with van der Waals surface area (Å²) in [6.07, 6.45) is 3.80. The van der Waals surface area contributed by atoms with Crippen LogP contribution in [0.4, 0.5) is 0 Å². The lowest BCUT2D eigenvalue weighted by atomic mass is 9.75. The Labute approximate surface area is 235 Å². The van der Waals surface area contributed by atoms with Crippen LogP contribution in [0.3, 0.4) is 0 Å². The van der Waals surface area contributed by atoms with Crippen molar-refractivity contribution in [3.63, 3.8) is 0 Å². The smallest absolute Gasteiger partial charge is 0.336 e. The average Bonchev–Trinajstić information content (AvgIpc) is 2.95. The summed E-state index contributed by atoms with van der Waals surface area (Å²) in [5, 5.41) is 11.5. The van der Waals surface area contributed by atoms with Gasteiger partial charge >= 0.3 is 5.97 Å². The molecule has 0 unspecified atom stereocenters. The number of ether oxygens (including phenoxy) is 6. The quantitative estimate of drug-likeness (QED) is 0.224. The molecule has 3 aromatic rings. The molecule has 3 aromatic carbocycles. The molecule has 0 radical (unpaired) electrons. The first kappa shape index (κ1) is 28.8. The van der Waals surface area contributed by atoms with Gasteiger partial charge in [-0.2, -0.15) is 0 Å². The highest BCUT2D eigenvalue weighted by molar-refractivity contribution is 5.94. The van der Waals surface area contributed by atoms with E-state index < -0.39 is 11.6 Å². The van der Waals surface area contributed by atoms with Crippen molar-refractivity contribution in [3.8, 4) is 45.6 Å². The Morgan fingerprint density at radius 2 is 1.38 bits per heavy atom. The van der Waals surface area contributed by atoms with Crippen molar-refractivity contribution in [1.29, 1.82) is 0 Å². The summed E-state index contributed by atoms with van der Waals surface area (Å²) in [6.45, 7) is 3.80. The van der Waals surface area contributed by atoms with Crippen molar-refractivity contribution in [2.75, 3.05) is 35.5 Å². The van der Waals surface area contributed by atoms with Gasteiger partial charge in [0.2, 0.25) is 11.5 Å². The summed E-state index contributed by atoms with van der Waals surface area (Å²) in [5.74, 6) is 1.27. The van der Waals surface area contributed by atoms with Crippen molar-refractivity contribution in [3.05, 3.63) is 65.2 Å². The number of esters is 1. The molecule has 0 spiro atoms. The zero-order valence-corrected chi connectivity index (χ0v) is 24.0. The molecule has 0 fully saturated rings. The molecule has 0 heterocycles. The maximum Gasteiger partial charge on any atom is 0.336 e. The lowest BCUT2D eigenvalue weighted by Gasteiger charge is -2.36. The monoisotopic (exact) mass is 548 g/mol. The van der Waals surface area contributed by atoms with E-state index >= 15 is 0 Å². The number of aliphatic hydroxyl groups is 1. The van der Waals surface area contributed by atoms with Crippen molar-refractivity contribution < 1.29 is 38.3 Å². The van der Waals surface area contributed by atoms with E-state index in [0.29, 0.717) is 40.5 Å². The van der Waals surface area contributed by atoms with Crippen LogP contribution in [0.2, 0.25) is 0 Å². The number of hydrogen-bond donors (Lipinski definition) is 1. The van der Waals surface area contributed by atoms with E-state index in [-0.39, 0.29) is 23.8 Å². The van der Waals surface area contributed by atoms with E-state index in [9.17, 15) is 9.90 Å².